The normalized spacial score (nSPS) is 10.5. The second-order valence-electron chi connectivity index (χ2n) is 4.51. The number of anilines is 1. The van der Waals surface area contributed by atoms with Gasteiger partial charge in [0.1, 0.15) is 0 Å². The molecule has 0 aliphatic rings. The fraction of sp³-hybridized carbons (Fsp3) is 0.200. The molecule has 2 aromatic carbocycles. The highest BCUT2D eigenvalue weighted by atomic mass is 79.9. The molecule has 0 heterocycles. The van der Waals surface area contributed by atoms with E-state index in [-0.39, 0.29) is 0 Å². The minimum atomic E-state index is 0.553. The van der Waals surface area contributed by atoms with Crippen LogP contribution in [0, 0.1) is 0 Å². The molecule has 2 rings (SSSR count). The maximum Gasteiger partial charge on any atom is 0.0426 e. The van der Waals surface area contributed by atoms with E-state index in [0.29, 0.717) is 6.54 Å². The molecule has 0 aromatic heterocycles. The molecule has 0 spiro atoms. The third-order valence-corrected chi connectivity index (χ3v) is 3.88. The Morgan fingerprint density at radius 2 is 1.74 bits per heavy atom. The Kier molecular flexibility index (Phi) is 5.02. The van der Waals surface area contributed by atoms with E-state index in [1.807, 2.05) is 6.07 Å². The highest BCUT2D eigenvalue weighted by molar-refractivity contribution is 9.10. The average molecular weight is 384 g/mol. The van der Waals surface area contributed by atoms with Crippen molar-refractivity contribution in [1.29, 1.82) is 0 Å². The first kappa shape index (κ1) is 14.6. The second-order valence-corrected chi connectivity index (χ2v) is 6.34. The molecule has 0 atom stereocenters. The van der Waals surface area contributed by atoms with Crippen molar-refractivity contribution in [2.24, 2.45) is 5.73 Å². The predicted octanol–water partition coefficient (Wildman–Crippen LogP) is 4.31. The van der Waals surface area contributed by atoms with Gasteiger partial charge < -0.3 is 10.6 Å². The van der Waals surface area contributed by atoms with Crippen molar-refractivity contribution in [1.82, 2.24) is 0 Å². The second kappa shape index (κ2) is 6.55. The summed E-state index contributed by atoms with van der Waals surface area (Å²) in [6.07, 6.45) is 0. The van der Waals surface area contributed by atoms with Gasteiger partial charge in [-0.05, 0) is 41.5 Å². The van der Waals surface area contributed by atoms with Crippen LogP contribution in [-0.2, 0) is 13.1 Å². The van der Waals surface area contributed by atoms with Crippen LogP contribution >= 0.6 is 31.9 Å². The average Bonchev–Trinajstić information content (AvgIpc) is 2.38. The van der Waals surface area contributed by atoms with Crippen LogP contribution in [0.15, 0.2) is 51.4 Å². The van der Waals surface area contributed by atoms with Crippen LogP contribution in [0.25, 0.3) is 0 Å². The van der Waals surface area contributed by atoms with Crippen molar-refractivity contribution in [2.75, 3.05) is 11.9 Å². The summed E-state index contributed by atoms with van der Waals surface area (Å²) >= 11 is 7.03. The maximum atomic E-state index is 5.71. The largest absolute Gasteiger partial charge is 0.370 e. The summed E-state index contributed by atoms with van der Waals surface area (Å²) in [5.74, 6) is 0. The molecule has 2 N–H and O–H groups in total. The summed E-state index contributed by atoms with van der Waals surface area (Å²) in [6.45, 7) is 1.41. The van der Waals surface area contributed by atoms with Crippen LogP contribution < -0.4 is 10.6 Å². The molecular weight excluding hydrogens is 368 g/mol. The van der Waals surface area contributed by atoms with Gasteiger partial charge in [-0.25, -0.2) is 0 Å². The van der Waals surface area contributed by atoms with Gasteiger partial charge in [0.25, 0.3) is 0 Å². The molecule has 0 unspecified atom stereocenters. The molecule has 0 radical (unpaired) electrons. The van der Waals surface area contributed by atoms with Gasteiger partial charge in [0, 0.05) is 34.8 Å². The van der Waals surface area contributed by atoms with Gasteiger partial charge in [0.05, 0.1) is 0 Å². The van der Waals surface area contributed by atoms with Crippen LogP contribution in [-0.4, -0.2) is 7.05 Å². The standard InChI is InChI=1S/C15H16Br2N2/c1-19(10-11-3-2-4-13(16)5-11)15-7-12(9-18)6-14(17)8-15/h2-8H,9-10,18H2,1H3. The first-order valence-corrected chi connectivity index (χ1v) is 7.62. The van der Waals surface area contributed by atoms with Crippen LogP contribution in [0.5, 0.6) is 0 Å². The molecule has 100 valence electrons. The van der Waals surface area contributed by atoms with Gasteiger partial charge in [0.2, 0.25) is 0 Å². The number of rotatable bonds is 4. The minimum absolute atomic E-state index is 0.553. The summed E-state index contributed by atoms with van der Waals surface area (Å²) < 4.78 is 2.17. The Morgan fingerprint density at radius 3 is 2.42 bits per heavy atom. The fourth-order valence-corrected chi connectivity index (χ4v) is 2.95. The quantitative estimate of drug-likeness (QED) is 0.852. The van der Waals surface area contributed by atoms with Crippen molar-refractivity contribution >= 4 is 37.5 Å². The monoisotopic (exact) mass is 382 g/mol. The summed E-state index contributed by atoms with van der Waals surface area (Å²) in [4.78, 5) is 2.21. The summed E-state index contributed by atoms with van der Waals surface area (Å²) in [5, 5.41) is 0. The molecule has 4 heteroatoms. The molecule has 0 bridgehead atoms. The van der Waals surface area contributed by atoms with Crippen LogP contribution in [0.3, 0.4) is 0 Å². The minimum Gasteiger partial charge on any atom is -0.370 e. The Hall–Kier alpha value is -0.840. The van der Waals surface area contributed by atoms with E-state index < -0.39 is 0 Å². The third kappa shape index (κ3) is 4.06. The zero-order valence-corrected chi connectivity index (χ0v) is 13.9. The van der Waals surface area contributed by atoms with Crippen LogP contribution in [0.1, 0.15) is 11.1 Å². The van der Waals surface area contributed by atoms with Crippen molar-refractivity contribution in [3.63, 3.8) is 0 Å². The topological polar surface area (TPSA) is 29.3 Å². The van der Waals surface area contributed by atoms with Crippen molar-refractivity contribution in [3.8, 4) is 0 Å². The first-order chi connectivity index (χ1) is 9.08. The van der Waals surface area contributed by atoms with Gasteiger partial charge in [-0.3, -0.25) is 0 Å². The van der Waals surface area contributed by atoms with Gasteiger partial charge >= 0.3 is 0 Å². The molecule has 0 fully saturated rings. The molecule has 2 nitrogen and oxygen atoms in total. The zero-order valence-electron chi connectivity index (χ0n) is 10.7. The van der Waals surface area contributed by atoms with E-state index in [2.05, 4.69) is 80.2 Å². The Balaban J connectivity index is 2.20. The van der Waals surface area contributed by atoms with Crippen LogP contribution in [0.4, 0.5) is 5.69 Å². The lowest BCUT2D eigenvalue weighted by molar-refractivity contribution is 0.917. The molecule has 0 aliphatic heterocycles. The smallest absolute Gasteiger partial charge is 0.0426 e. The Bertz CT molecular complexity index is 570. The van der Waals surface area contributed by atoms with E-state index in [0.717, 1.165) is 26.7 Å². The number of nitrogens with two attached hydrogens (primary N) is 1. The van der Waals surface area contributed by atoms with Gasteiger partial charge in [0.15, 0.2) is 0 Å². The highest BCUT2D eigenvalue weighted by Gasteiger charge is 2.05. The van der Waals surface area contributed by atoms with Crippen LogP contribution in [0.2, 0.25) is 0 Å². The van der Waals surface area contributed by atoms with E-state index in [9.17, 15) is 0 Å². The number of benzene rings is 2. The molecule has 0 saturated carbocycles. The summed E-state index contributed by atoms with van der Waals surface area (Å²) in [6, 6.07) is 14.6. The maximum absolute atomic E-state index is 5.71. The van der Waals surface area contributed by atoms with E-state index in [1.165, 1.54) is 5.56 Å². The van der Waals surface area contributed by atoms with Gasteiger partial charge in [-0.15, -0.1) is 0 Å². The van der Waals surface area contributed by atoms with Gasteiger partial charge in [-0.1, -0.05) is 44.0 Å². The van der Waals surface area contributed by atoms with Crippen molar-refractivity contribution in [2.45, 2.75) is 13.1 Å². The lowest BCUT2D eigenvalue weighted by Crippen LogP contribution is -2.16. The Labute approximate surface area is 130 Å². The molecule has 19 heavy (non-hydrogen) atoms. The number of nitrogens with zero attached hydrogens (tertiary/aromatic N) is 1. The number of hydrogen-bond acceptors (Lipinski definition) is 2. The van der Waals surface area contributed by atoms with Crippen molar-refractivity contribution < 1.29 is 0 Å². The third-order valence-electron chi connectivity index (χ3n) is 2.93. The molecule has 0 saturated heterocycles. The SMILES string of the molecule is CN(Cc1cccc(Br)c1)c1cc(Br)cc(CN)c1. The first-order valence-electron chi connectivity index (χ1n) is 6.03. The van der Waals surface area contributed by atoms with Gasteiger partial charge in [-0.2, -0.15) is 0 Å². The number of hydrogen-bond donors (Lipinski definition) is 1. The molecule has 2 aromatic rings. The van der Waals surface area contributed by atoms with E-state index in [1.54, 1.807) is 0 Å². The zero-order chi connectivity index (χ0) is 13.8. The summed E-state index contributed by atoms with van der Waals surface area (Å²) in [5.41, 5.74) is 9.28. The molecular formula is C15H16Br2N2. The van der Waals surface area contributed by atoms with Crippen molar-refractivity contribution in [3.05, 3.63) is 62.5 Å². The highest BCUT2D eigenvalue weighted by Crippen LogP contribution is 2.24. The lowest BCUT2D eigenvalue weighted by atomic mass is 10.1. The molecule has 0 aliphatic carbocycles. The predicted molar refractivity (Wildman–Crippen MR) is 88.3 cm³/mol. The van der Waals surface area contributed by atoms with E-state index >= 15 is 0 Å². The Morgan fingerprint density at radius 1 is 1.00 bits per heavy atom. The lowest BCUT2D eigenvalue weighted by Gasteiger charge is -2.20. The summed E-state index contributed by atoms with van der Waals surface area (Å²) in [7, 11) is 2.09. The molecule has 0 amide bonds. The number of halogens is 2. The fourth-order valence-electron chi connectivity index (χ4n) is 1.97. The van der Waals surface area contributed by atoms with E-state index in [4.69, 9.17) is 5.73 Å².